The molecule has 3 aromatic carbocycles. The van der Waals surface area contributed by atoms with E-state index in [2.05, 4.69) is 5.32 Å². The smallest absolute Gasteiger partial charge is 0.347 e. The molecule has 1 unspecified atom stereocenters. The average molecular weight is 542 g/mol. The fourth-order valence-electron chi connectivity index (χ4n) is 3.87. The van der Waals surface area contributed by atoms with Crippen LogP contribution in [0.1, 0.15) is 16.7 Å². The Morgan fingerprint density at radius 1 is 1.05 bits per heavy atom. The van der Waals surface area contributed by atoms with Gasteiger partial charge < -0.3 is 5.32 Å². The molecule has 0 aromatic heterocycles. The summed E-state index contributed by atoms with van der Waals surface area (Å²) in [6, 6.07) is 22.5. The molecule has 1 aliphatic heterocycles. The normalized spacial score (nSPS) is 16.9. The third-order valence-corrected chi connectivity index (χ3v) is 7.09. The Bertz CT molecular complexity index is 1390. The largest absolute Gasteiger partial charge is 0.416 e. The quantitative estimate of drug-likeness (QED) is 0.302. The first-order valence-corrected chi connectivity index (χ1v) is 12.3. The van der Waals surface area contributed by atoms with Gasteiger partial charge in [0.1, 0.15) is 16.7 Å². The van der Waals surface area contributed by atoms with Crippen LogP contribution in [0, 0.1) is 11.3 Å². The molecule has 4 rings (SSSR count). The second-order valence-electron chi connectivity index (χ2n) is 8.08. The molecule has 1 aliphatic rings. The van der Waals surface area contributed by atoms with Gasteiger partial charge in [-0.15, -0.1) is 0 Å². The summed E-state index contributed by atoms with van der Waals surface area (Å²) in [5.74, 6) is -1.23. The zero-order valence-corrected chi connectivity index (χ0v) is 20.7. The molecule has 37 heavy (non-hydrogen) atoms. The van der Waals surface area contributed by atoms with Crippen LogP contribution < -0.4 is 10.2 Å². The molecule has 0 radical (unpaired) electrons. The van der Waals surface area contributed by atoms with Gasteiger partial charge in [-0.1, -0.05) is 71.9 Å². The Labute approximate surface area is 220 Å². The number of hydrogen-bond acceptors (Lipinski definition) is 4. The Morgan fingerprint density at radius 2 is 1.70 bits per heavy atom. The summed E-state index contributed by atoms with van der Waals surface area (Å²) in [6.45, 7) is 0.156. The number of benzene rings is 3. The molecule has 3 aromatic rings. The van der Waals surface area contributed by atoms with Crippen molar-refractivity contribution in [3.05, 3.63) is 111 Å². The molecule has 1 fully saturated rings. The van der Waals surface area contributed by atoms with E-state index in [0.29, 0.717) is 5.69 Å². The molecule has 1 heterocycles. The Morgan fingerprint density at radius 3 is 2.32 bits per heavy atom. The van der Waals surface area contributed by atoms with Crippen molar-refractivity contribution < 1.29 is 22.8 Å². The fraction of sp³-hybridized carbons (Fsp3) is 0.148. The van der Waals surface area contributed by atoms with E-state index in [1.807, 2.05) is 36.4 Å². The predicted octanol–water partition coefficient (Wildman–Crippen LogP) is 6.10. The molecule has 10 heteroatoms. The zero-order chi connectivity index (χ0) is 26.6. The number of carbonyl (C=O) groups is 2. The number of nitrogens with zero attached hydrogens (tertiary/aromatic N) is 2. The fourth-order valence-corrected chi connectivity index (χ4v) is 5.36. The van der Waals surface area contributed by atoms with Crippen LogP contribution in [0.2, 0.25) is 5.02 Å². The van der Waals surface area contributed by atoms with E-state index < -0.39 is 28.8 Å². The van der Waals surface area contributed by atoms with Gasteiger partial charge in [-0.25, -0.2) is 0 Å². The molecule has 0 aliphatic carbocycles. The Kier molecular flexibility index (Phi) is 7.91. The van der Waals surface area contributed by atoms with Crippen LogP contribution in [0.25, 0.3) is 0 Å². The highest BCUT2D eigenvalue weighted by Crippen LogP contribution is 2.43. The topological polar surface area (TPSA) is 73.2 Å². The first kappa shape index (κ1) is 26.3. The van der Waals surface area contributed by atoms with Crippen molar-refractivity contribution >= 4 is 40.9 Å². The number of nitrogens with one attached hydrogen (secondary N) is 1. The van der Waals surface area contributed by atoms with Crippen LogP contribution in [-0.2, 0) is 28.7 Å². The van der Waals surface area contributed by atoms with Crippen LogP contribution in [0.15, 0.2) is 89.5 Å². The van der Waals surface area contributed by atoms with E-state index in [-0.39, 0.29) is 34.2 Å². The van der Waals surface area contributed by atoms with Gasteiger partial charge in [0, 0.05) is 17.3 Å². The van der Waals surface area contributed by atoms with Gasteiger partial charge >= 0.3 is 6.18 Å². The monoisotopic (exact) mass is 541 g/mol. The number of anilines is 1. The van der Waals surface area contributed by atoms with Crippen molar-refractivity contribution in [1.82, 2.24) is 5.32 Å². The molecule has 188 valence electrons. The minimum Gasteiger partial charge on any atom is -0.347 e. The summed E-state index contributed by atoms with van der Waals surface area (Å²) in [7, 11) is 0. The number of rotatable bonds is 6. The van der Waals surface area contributed by atoms with Gasteiger partial charge in [0.25, 0.3) is 5.91 Å². The van der Waals surface area contributed by atoms with Gasteiger partial charge in [0.2, 0.25) is 5.91 Å². The van der Waals surface area contributed by atoms with Gasteiger partial charge in [0.15, 0.2) is 0 Å². The first-order chi connectivity index (χ1) is 17.7. The van der Waals surface area contributed by atoms with E-state index in [1.54, 1.807) is 30.3 Å². The number of hydrogen-bond donors (Lipinski definition) is 1. The molecule has 1 saturated heterocycles. The summed E-state index contributed by atoms with van der Waals surface area (Å²) in [4.78, 5) is 27.7. The van der Waals surface area contributed by atoms with E-state index in [4.69, 9.17) is 11.6 Å². The van der Waals surface area contributed by atoms with Crippen LogP contribution >= 0.6 is 23.4 Å². The van der Waals surface area contributed by atoms with Crippen molar-refractivity contribution in [1.29, 1.82) is 5.26 Å². The summed E-state index contributed by atoms with van der Waals surface area (Å²) < 4.78 is 40.9. The summed E-state index contributed by atoms with van der Waals surface area (Å²) in [6.07, 6.45) is -4.94. The van der Waals surface area contributed by atoms with E-state index in [0.717, 1.165) is 29.5 Å². The minimum atomic E-state index is -4.64. The second-order valence-corrected chi connectivity index (χ2v) is 9.71. The van der Waals surface area contributed by atoms with Crippen LogP contribution in [0.5, 0.6) is 0 Å². The summed E-state index contributed by atoms with van der Waals surface area (Å²) >= 11 is 6.85. The lowest BCUT2D eigenvalue weighted by Crippen LogP contribution is -2.32. The molecule has 0 saturated carbocycles. The predicted molar refractivity (Wildman–Crippen MR) is 136 cm³/mol. The van der Waals surface area contributed by atoms with Crippen LogP contribution in [-0.4, -0.2) is 17.1 Å². The molecule has 1 N–H and O–H groups in total. The van der Waals surface area contributed by atoms with E-state index in [9.17, 15) is 28.0 Å². The highest BCUT2D eigenvalue weighted by atomic mass is 35.5. The van der Waals surface area contributed by atoms with Crippen LogP contribution in [0.4, 0.5) is 18.9 Å². The number of amides is 2. The average Bonchev–Trinajstić information content (AvgIpc) is 3.19. The molecule has 2 amide bonds. The summed E-state index contributed by atoms with van der Waals surface area (Å²) in [5.41, 5.74) is -0.139. The van der Waals surface area contributed by atoms with Crippen molar-refractivity contribution in [3.63, 3.8) is 0 Å². The third-order valence-electron chi connectivity index (χ3n) is 5.59. The molecule has 0 bridgehead atoms. The lowest BCUT2D eigenvalue weighted by Gasteiger charge is -2.19. The van der Waals surface area contributed by atoms with E-state index >= 15 is 0 Å². The van der Waals surface area contributed by atoms with Gasteiger partial charge in [0.05, 0.1) is 10.8 Å². The van der Waals surface area contributed by atoms with Crippen molar-refractivity contribution in [2.45, 2.75) is 24.4 Å². The maximum Gasteiger partial charge on any atom is 0.416 e. The number of nitriles is 1. The van der Waals surface area contributed by atoms with Crippen molar-refractivity contribution in [3.8, 4) is 6.07 Å². The summed E-state index contributed by atoms with van der Waals surface area (Å²) in [5, 5.41) is 11.7. The maximum atomic E-state index is 13.6. The number of thioether (sulfide) groups is 1. The number of carbonyl (C=O) groups excluding carboxylic acids is 2. The standard InChI is InChI=1S/C27H19ClF3N3O2S/c28-19-11-12-22(27(29,30)31)18(13-19)14-23-25(36)34(20-9-5-2-6-10-20)26(37-23)21(15-32)24(35)33-16-17-7-3-1-4-8-17/h1-13,23H,14,16H2,(H,33,35)/b26-21-. The van der Waals surface area contributed by atoms with Gasteiger partial charge in [-0.05, 0) is 47.9 Å². The molecule has 1 atom stereocenters. The maximum absolute atomic E-state index is 13.6. The van der Waals surface area contributed by atoms with E-state index in [1.165, 1.54) is 11.0 Å². The zero-order valence-electron chi connectivity index (χ0n) is 19.1. The molecule has 0 spiro atoms. The Balaban J connectivity index is 1.70. The molecule has 5 nitrogen and oxygen atoms in total. The highest BCUT2D eigenvalue weighted by molar-refractivity contribution is 8.05. The van der Waals surface area contributed by atoms with Gasteiger partial charge in [-0.3, -0.25) is 14.5 Å². The lowest BCUT2D eigenvalue weighted by atomic mass is 10.0. The molecular formula is C27H19ClF3N3O2S. The first-order valence-electron chi connectivity index (χ1n) is 11.1. The third kappa shape index (κ3) is 5.98. The lowest BCUT2D eigenvalue weighted by molar-refractivity contribution is -0.138. The SMILES string of the molecule is N#C/C(C(=O)NCc1ccccc1)=C1/SC(Cc2cc(Cl)ccc2C(F)(F)F)C(=O)N1c1ccccc1. The number of alkyl halides is 3. The second kappa shape index (κ2) is 11.1. The van der Waals surface area contributed by atoms with Crippen molar-refractivity contribution in [2.75, 3.05) is 4.90 Å². The minimum absolute atomic E-state index is 0.0600. The highest BCUT2D eigenvalue weighted by Gasteiger charge is 2.42. The van der Waals surface area contributed by atoms with Crippen molar-refractivity contribution in [2.24, 2.45) is 0 Å². The Hall–Kier alpha value is -3.74. The number of halogens is 4. The number of para-hydroxylation sites is 1. The van der Waals surface area contributed by atoms with Gasteiger partial charge in [-0.2, -0.15) is 18.4 Å². The van der Waals surface area contributed by atoms with Crippen LogP contribution in [0.3, 0.4) is 0 Å². The molecular weight excluding hydrogens is 523 g/mol.